The Morgan fingerprint density at radius 1 is 1.11 bits per heavy atom. The Balaban J connectivity index is 1.41. The number of nitrogens with one attached hydrogen (secondary N) is 1. The van der Waals surface area contributed by atoms with E-state index in [2.05, 4.69) is 20.6 Å². The zero-order valence-corrected chi connectivity index (χ0v) is 20.4. The third-order valence-corrected chi connectivity index (χ3v) is 6.62. The monoisotopic (exact) mass is 513 g/mol. The maximum atomic E-state index is 13.2. The summed E-state index contributed by atoms with van der Waals surface area (Å²) in [5, 5.41) is 15.2. The van der Waals surface area contributed by atoms with Crippen LogP contribution >= 0.6 is 23.1 Å². The molecule has 0 radical (unpaired) electrons. The summed E-state index contributed by atoms with van der Waals surface area (Å²) in [6, 6.07) is 12.5. The molecular formula is C23H20FN5O4S2. The number of methoxy groups -OCH3 is 1. The second-order valence-electron chi connectivity index (χ2n) is 6.96. The predicted molar refractivity (Wildman–Crippen MR) is 131 cm³/mol. The van der Waals surface area contributed by atoms with Gasteiger partial charge in [-0.15, -0.1) is 10.2 Å². The van der Waals surface area contributed by atoms with Crippen LogP contribution in [0.3, 0.4) is 0 Å². The maximum Gasteiger partial charge on any atom is 0.281 e. The van der Waals surface area contributed by atoms with E-state index in [0.717, 1.165) is 11.3 Å². The lowest BCUT2D eigenvalue weighted by molar-refractivity contribution is 0.101. The number of thioether (sulfide) groups is 1. The summed E-state index contributed by atoms with van der Waals surface area (Å²) in [5.41, 5.74) is 1.19. The Morgan fingerprint density at radius 2 is 1.86 bits per heavy atom. The molecule has 0 aliphatic rings. The second kappa shape index (κ2) is 11.1. The van der Waals surface area contributed by atoms with Crippen LogP contribution in [0.15, 0.2) is 59.1 Å². The van der Waals surface area contributed by atoms with Gasteiger partial charge in [-0.05, 0) is 55.5 Å². The fourth-order valence-corrected chi connectivity index (χ4v) is 4.61. The molecule has 2 aromatic heterocycles. The lowest BCUT2D eigenvalue weighted by Gasteiger charge is -2.02. The molecule has 0 bridgehead atoms. The van der Waals surface area contributed by atoms with Gasteiger partial charge in [-0.3, -0.25) is 14.9 Å². The molecule has 1 N–H and O–H groups in total. The van der Waals surface area contributed by atoms with Crippen molar-refractivity contribution >= 4 is 39.9 Å². The third kappa shape index (κ3) is 6.03. The lowest BCUT2D eigenvalue weighted by Crippen LogP contribution is -2.14. The number of benzene rings is 2. The van der Waals surface area contributed by atoms with Gasteiger partial charge < -0.3 is 9.47 Å². The standard InChI is InChI=1S/C23H20FN5O4S2/c1-3-33-19-12-29(16-8-6-15(24)7-9-16)28-20(19)21(31)25-22-26-27-23(35-22)34-13-18(30)14-4-10-17(32-2)11-5-14/h4-12H,3,13H2,1-2H3,(H,25,26,31). The molecule has 0 saturated heterocycles. The topological polar surface area (TPSA) is 108 Å². The van der Waals surface area contributed by atoms with Crippen LogP contribution in [0.1, 0.15) is 27.8 Å². The SMILES string of the molecule is CCOc1cn(-c2ccc(F)cc2)nc1C(=O)Nc1nnc(SCC(=O)c2ccc(OC)cc2)s1. The van der Waals surface area contributed by atoms with Gasteiger partial charge in [0, 0.05) is 5.56 Å². The van der Waals surface area contributed by atoms with Crippen LogP contribution in [0.5, 0.6) is 11.5 Å². The molecule has 180 valence electrons. The predicted octanol–water partition coefficient (Wildman–Crippen LogP) is 4.50. The number of hydrogen-bond donors (Lipinski definition) is 1. The van der Waals surface area contributed by atoms with Crippen LogP contribution in [0, 0.1) is 5.82 Å². The number of anilines is 1. The Labute approximate surface area is 208 Å². The summed E-state index contributed by atoms with van der Waals surface area (Å²) in [4.78, 5) is 25.3. The first kappa shape index (κ1) is 24.4. The highest BCUT2D eigenvalue weighted by Crippen LogP contribution is 2.28. The summed E-state index contributed by atoms with van der Waals surface area (Å²) >= 11 is 2.37. The molecule has 0 atom stereocenters. The number of ketones is 1. The smallest absolute Gasteiger partial charge is 0.281 e. The minimum Gasteiger partial charge on any atom is -0.497 e. The summed E-state index contributed by atoms with van der Waals surface area (Å²) < 4.78 is 25.9. The normalized spacial score (nSPS) is 10.7. The number of carbonyl (C=O) groups excluding carboxylic acids is 2. The molecule has 0 aliphatic heterocycles. The van der Waals surface area contributed by atoms with Crippen LogP contribution in [0.4, 0.5) is 9.52 Å². The van der Waals surface area contributed by atoms with Gasteiger partial charge in [0.15, 0.2) is 21.6 Å². The van der Waals surface area contributed by atoms with E-state index in [-0.39, 0.29) is 33.9 Å². The van der Waals surface area contributed by atoms with Gasteiger partial charge in [0.05, 0.1) is 31.4 Å². The summed E-state index contributed by atoms with van der Waals surface area (Å²) in [5.74, 6) is 0.153. The van der Waals surface area contributed by atoms with Crippen molar-refractivity contribution in [3.8, 4) is 17.2 Å². The third-order valence-electron chi connectivity index (χ3n) is 4.65. The Kier molecular flexibility index (Phi) is 7.73. The summed E-state index contributed by atoms with van der Waals surface area (Å²) in [6.07, 6.45) is 1.55. The van der Waals surface area contributed by atoms with Crippen molar-refractivity contribution in [3.63, 3.8) is 0 Å². The number of Topliss-reactive ketones (excluding diaryl/α,β-unsaturated/α-hetero) is 1. The molecule has 0 aliphatic carbocycles. The first-order chi connectivity index (χ1) is 17.0. The highest BCUT2D eigenvalue weighted by Gasteiger charge is 2.21. The van der Waals surface area contributed by atoms with E-state index in [1.165, 1.54) is 28.6 Å². The Hall–Kier alpha value is -3.77. The van der Waals surface area contributed by atoms with E-state index < -0.39 is 5.91 Å². The largest absolute Gasteiger partial charge is 0.497 e. The van der Waals surface area contributed by atoms with Gasteiger partial charge in [-0.25, -0.2) is 9.07 Å². The van der Waals surface area contributed by atoms with Crippen LogP contribution in [-0.4, -0.2) is 51.1 Å². The van der Waals surface area contributed by atoms with Gasteiger partial charge >= 0.3 is 0 Å². The number of amides is 1. The molecule has 0 unspecified atom stereocenters. The van der Waals surface area contributed by atoms with E-state index in [0.29, 0.717) is 27.9 Å². The number of aromatic nitrogens is 4. The van der Waals surface area contributed by atoms with Gasteiger partial charge in [0.2, 0.25) is 5.13 Å². The van der Waals surface area contributed by atoms with Crippen LogP contribution in [-0.2, 0) is 0 Å². The first-order valence-corrected chi connectivity index (χ1v) is 12.2. The van der Waals surface area contributed by atoms with Gasteiger partial charge in [-0.1, -0.05) is 23.1 Å². The number of ether oxygens (including phenoxy) is 2. The van der Waals surface area contributed by atoms with Crippen molar-refractivity contribution in [2.45, 2.75) is 11.3 Å². The average Bonchev–Trinajstić information content (AvgIpc) is 3.50. The molecule has 35 heavy (non-hydrogen) atoms. The molecule has 0 spiro atoms. The van der Waals surface area contributed by atoms with E-state index in [1.54, 1.807) is 56.6 Å². The van der Waals surface area contributed by atoms with Crippen molar-refractivity contribution in [1.82, 2.24) is 20.0 Å². The number of rotatable bonds is 10. The molecular weight excluding hydrogens is 493 g/mol. The quantitative estimate of drug-likeness (QED) is 0.188. The van der Waals surface area contributed by atoms with Crippen molar-refractivity contribution in [2.75, 3.05) is 24.8 Å². The number of halogens is 1. The molecule has 4 rings (SSSR count). The van der Waals surface area contributed by atoms with Gasteiger partial charge in [0.1, 0.15) is 11.6 Å². The lowest BCUT2D eigenvalue weighted by atomic mass is 10.1. The molecule has 2 aromatic carbocycles. The van der Waals surface area contributed by atoms with Gasteiger partial charge in [0.25, 0.3) is 5.91 Å². The van der Waals surface area contributed by atoms with Crippen molar-refractivity contribution < 1.29 is 23.5 Å². The minimum absolute atomic E-state index is 0.0512. The molecule has 12 heteroatoms. The molecule has 2 heterocycles. The highest BCUT2D eigenvalue weighted by molar-refractivity contribution is 8.01. The molecule has 1 amide bonds. The van der Waals surface area contributed by atoms with Gasteiger partial charge in [-0.2, -0.15) is 5.10 Å². The number of carbonyl (C=O) groups is 2. The number of nitrogens with zero attached hydrogens (tertiary/aromatic N) is 4. The van der Waals surface area contributed by atoms with E-state index in [9.17, 15) is 14.0 Å². The fourth-order valence-electron chi connectivity index (χ4n) is 2.97. The van der Waals surface area contributed by atoms with Crippen LogP contribution in [0.2, 0.25) is 0 Å². The maximum absolute atomic E-state index is 13.2. The van der Waals surface area contributed by atoms with Crippen molar-refractivity contribution in [1.29, 1.82) is 0 Å². The van der Waals surface area contributed by atoms with Crippen molar-refractivity contribution in [3.05, 3.63) is 71.8 Å². The molecule has 0 saturated carbocycles. The van der Waals surface area contributed by atoms with E-state index >= 15 is 0 Å². The Bertz CT molecular complexity index is 1320. The van der Waals surface area contributed by atoms with Crippen LogP contribution < -0.4 is 14.8 Å². The molecule has 9 nitrogen and oxygen atoms in total. The zero-order valence-electron chi connectivity index (χ0n) is 18.7. The summed E-state index contributed by atoms with van der Waals surface area (Å²) in [6.45, 7) is 2.12. The fraction of sp³-hybridized carbons (Fsp3) is 0.174. The number of hydrogen-bond acceptors (Lipinski definition) is 9. The van der Waals surface area contributed by atoms with Crippen molar-refractivity contribution in [2.24, 2.45) is 0 Å². The zero-order chi connectivity index (χ0) is 24.8. The van der Waals surface area contributed by atoms with Crippen LogP contribution in [0.25, 0.3) is 5.69 Å². The average molecular weight is 514 g/mol. The van der Waals surface area contributed by atoms with E-state index in [1.807, 2.05) is 0 Å². The minimum atomic E-state index is -0.531. The molecule has 0 fully saturated rings. The van der Waals surface area contributed by atoms with E-state index in [4.69, 9.17) is 9.47 Å². The first-order valence-electron chi connectivity index (χ1n) is 10.4. The highest BCUT2D eigenvalue weighted by atomic mass is 32.2. The Morgan fingerprint density at radius 3 is 2.54 bits per heavy atom. The summed E-state index contributed by atoms with van der Waals surface area (Å²) in [7, 11) is 1.56. The molecule has 4 aromatic rings. The second-order valence-corrected chi connectivity index (χ2v) is 9.16.